The molecule has 2 heterocycles. The highest BCUT2D eigenvalue weighted by atomic mass is 79.9. The summed E-state index contributed by atoms with van der Waals surface area (Å²) in [5, 5.41) is -0.125. The first-order valence-corrected chi connectivity index (χ1v) is 8.08. The lowest BCUT2D eigenvalue weighted by molar-refractivity contribution is 0.660. The van der Waals surface area contributed by atoms with Crippen LogP contribution in [0.1, 0.15) is 23.8 Å². The van der Waals surface area contributed by atoms with E-state index in [2.05, 4.69) is 36.5 Å². The summed E-state index contributed by atoms with van der Waals surface area (Å²) < 4.78 is 3.21. The second-order valence-electron chi connectivity index (χ2n) is 4.94. The van der Waals surface area contributed by atoms with Gasteiger partial charge >= 0.3 is 0 Å². The molecular formula is C16H15BrClN3. The van der Waals surface area contributed by atoms with Gasteiger partial charge in [-0.1, -0.05) is 22.0 Å². The highest BCUT2D eigenvalue weighted by Gasteiger charge is 2.15. The SMILES string of the molecule is CC(Cl)c1nc2cc(Br)ccc2n1CCc1ccccn1. The van der Waals surface area contributed by atoms with Gasteiger partial charge in [0.05, 0.1) is 16.4 Å². The van der Waals surface area contributed by atoms with E-state index in [9.17, 15) is 0 Å². The van der Waals surface area contributed by atoms with Gasteiger partial charge in [0, 0.05) is 29.3 Å². The molecule has 3 aromatic rings. The minimum atomic E-state index is -0.125. The fourth-order valence-electron chi connectivity index (χ4n) is 2.43. The Morgan fingerprint density at radius 2 is 2.14 bits per heavy atom. The van der Waals surface area contributed by atoms with Gasteiger partial charge in [0.2, 0.25) is 0 Å². The molecule has 0 spiro atoms. The molecule has 3 rings (SSSR count). The lowest BCUT2D eigenvalue weighted by Gasteiger charge is -2.10. The number of imidazole rings is 1. The molecule has 0 fully saturated rings. The highest BCUT2D eigenvalue weighted by Crippen LogP contribution is 2.26. The van der Waals surface area contributed by atoms with Gasteiger partial charge in [0.25, 0.3) is 0 Å². The van der Waals surface area contributed by atoms with Crippen LogP contribution in [-0.4, -0.2) is 14.5 Å². The lowest BCUT2D eigenvalue weighted by Crippen LogP contribution is -2.07. The maximum absolute atomic E-state index is 6.29. The van der Waals surface area contributed by atoms with Gasteiger partial charge in [-0.05, 0) is 37.3 Å². The Kier molecular flexibility index (Phi) is 4.27. The van der Waals surface area contributed by atoms with E-state index in [4.69, 9.17) is 11.6 Å². The second kappa shape index (κ2) is 6.16. The molecule has 1 aromatic carbocycles. The minimum absolute atomic E-state index is 0.125. The fraction of sp³-hybridized carbons (Fsp3) is 0.250. The summed E-state index contributed by atoms with van der Waals surface area (Å²) in [4.78, 5) is 9.04. The van der Waals surface area contributed by atoms with Crippen molar-refractivity contribution in [2.24, 2.45) is 0 Å². The quantitative estimate of drug-likeness (QED) is 0.626. The number of hydrogen-bond donors (Lipinski definition) is 0. The minimum Gasteiger partial charge on any atom is -0.326 e. The Bertz CT molecular complexity index is 753. The number of alkyl halides is 1. The number of nitrogens with zero attached hydrogens (tertiary/aromatic N) is 3. The number of halogens is 2. The average molecular weight is 365 g/mol. The predicted octanol–water partition coefficient (Wildman–Crippen LogP) is 4.74. The Morgan fingerprint density at radius 3 is 2.86 bits per heavy atom. The van der Waals surface area contributed by atoms with Gasteiger partial charge in [-0.15, -0.1) is 11.6 Å². The van der Waals surface area contributed by atoms with Crippen LogP contribution in [-0.2, 0) is 13.0 Å². The number of hydrogen-bond acceptors (Lipinski definition) is 2. The summed E-state index contributed by atoms with van der Waals surface area (Å²) in [6, 6.07) is 12.1. The standard InChI is InChI=1S/C16H15BrClN3/c1-11(18)16-20-14-10-12(17)5-6-15(14)21(16)9-7-13-4-2-3-8-19-13/h2-6,8,10-11H,7,9H2,1H3. The van der Waals surface area contributed by atoms with E-state index in [-0.39, 0.29) is 5.38 Å². The fourth-order valence-corrected chi connectivity index (χ4v) is 2.95. The summed E-state index contributed by atoms with van der Waals surface area (Å²) in [5.41, 5.74) is 3.15. The van der Waals surface area contributed by atoms with E-state index in [0.29, 0.717) is 0 Å². The maximum atomic E-state index is 6.29. The Labute approximate surface area is 137 Å². The number of fused-ring (bicyclic) bond motifs is 1. The van der Waals surface area contributed by atoms with E-state index in [0.717, 1.165) is 40.0 Å². The Balaban J connectivity index is 1.97. The van der Waals surface area contributed by atoms with Crippen molar-refractivity contribution in [2.75, 3.05) is 0 Å². The Morgan fingerprint density at radius 1 is 1.29 bits per heavy atom. The zero-order valence-corrected chi connectivity index (χ0v) is 14.0. The van der Waals surface area contributed by atoms with Crippen molar-refractivity contribution in [1.82, 2.24) is 14.5 Å². The summed E-state index contributed by atoms with van der Waals surface area (Å²) in [6.07, 6.45) is 2.68. The van der Waals surface area contributed by atoms with Crippen molar-refractivity contribution in [3.05, 3.63) is 58.6 Å². The van der Waals surface area contributed by atoms with Crippen LogP contribution in [0.15, 0.2) is 47.1 Å². The lowest BCUT2D eigenvalue weighted by atomic mass is 10.2. The number of pyridine rings is 1. The molecule has 0 aliphatic rings. The summed E-state index contributed by atoms with van der Waals surface area (Å²) in [6.45, 7) is 2.77. The largest absolute Gasteiger partial charge is 0.326 e. The van der Waals surface area contributed by atoms with E-state index >= 15 is 0 Å². The van der Waals surface area contributed by atoms with Crippen molar-refractivity contribution in [3.63, 3.8) is 0 Å². The normalized spacial score (nSPS) is 12.7. The van der Waals surface area contributed by atoms with Crippen LogP contribution in [0.2, 0.25) is 0 Å². The summed E-state index contributed by atoms with van der Waals surface area (Å²) in [7, 11) is 0. The van der Waals surface area contributed by atoms with E-state index < -0.39 is 0 Å². The van der Waals surface area contributed by atoms with Gasteiger partial charge in [-0.25, -0.2) is 4.98 Å². The third-order valence-corrected chi connectivity index (χ3v) is 4.10. The van der Waals surface area contributed by atoms with Gasteiger partial charge in [0.15, 0.2) is 0 Å². The first-order valence-electron chi connectivity index (χ1n) is 6.85. The van der Waals surface area contributed by atoms with Crippen molar-refractivity contribution in [1.29, 1.82) is 0 Å². The van der Waals surface area contributed by atoms with E-state index in [1.165, 1.54) is 0 Å². The van der Waals surface area contributed by atoms with Crippen LogP contribution < -0.4 is 0 Å². The van der Waals surface area contributed by atoms with E-state index in [1.54, 1.807) is 0 Å². The van der Waals surface area contributed by atoms with Gasteiger partial charge in [-0.2, -0.15) is 0 Å². The van der Waals surface area contributed by atoms with Crippen molar-refractivity contribution in [2.45, 2.75) is 25.3 Å². The van der Waals surface area contributed by atoms with Crippen LogP contribution in [0.3, 0.4) is 0 Å². The molecule has 108 valence electrons. The maximum Gasteiger partial charge on any atom is 0.127 e. The molecule has 0 saturated carbocycles. The highest BCUT2D eigenvalue weighted by molar-refractivity contribution is 9.10. The smallest absolute Gasteiger partial charge is 0.127 e. The average Bonchev–Trinajstić information content (AvgIpc) is 2.84. The monoisotopic (exact) mass is 363 g/mol. The molecule has 1 unspecified atom stereocenters. The zero-order chi connectivity index (χ0) is 14.8. The molecule has 0 saturated heterocycles. The molecule has 0 aliphatic heterocycles. The molecule has 5 heteroatoms. The Hall–Kier alpha value is -1.39. The molecule has 0 N–H and O–H groups in total. The van der Waals surface area contributed by atoms with Crippen LogP contribution in [0, 0.1) is 0 Å². The summed E-state index contributed by atoms with van der Waals surface area (Å²) >= 11 is 9.78. The molecule has 2 aromatic heterocycles. The summed E-state index contributed by atoms with van der Waals surface area (Å²) in [5.74, 6) is 0.903. The molecule has 21 heavy (non-hydrogen) atoms. The molecular weight excluding hydrogens is 350 g/mol. The van der Waals surface area contributed by atoms with Gasteiger partial charge < -0.3 is 4.57 Å². The van der Waals surface area contributed by atoms with E-state index in [1.807, 2.05) is 43.5 Å². The number of rotatable bonds is 4. The number of benzene rings is 1. The molecule has 3 nitrogen and oxygen atoms in total. The molecule has 0 aliphatic carbocycles. The van der Waals surface area contributed by atoms with Crippen LogP contribution in [0.4, 0.5) is 0 Å². The second-order valence-corrected chi connectivity index (χ2v) is 6.51. The first-order chi connectivity index (χ1) is 10.1. The van der Waals surface area contributed by atoms with Crippen molar-refractivity contribution >= 4 is 38.6 Å². The van der Waals surface area contributed by atoms with Crippen molar-refractivity contribution < 1.29 is 0 Å². The molecule has 0 radical (unpaired) electrons. The zero-order valence-electron chi connectivity index (χ0n) is 11.6. The van der Waals surface area contributed by atoms with Gasteiger partial charge in [-0.3, -0.25) is 4.98 Å². The van der Waals surface area contributed by atoms with Gasteiger partial charge in [0.1, 0.15) is 5.82 Å². The van der Waals surface area contributed by atoms with Crippen LogP contribution >= 0.6 is 27.5 Å². The number of aromatic nitrogens is 3. The third-order valence-electron chi connectivity index (χ3n) is 3.41. The number of aryl methyl sites for hydroxylation is 2. The third kappa shape index (κ3) is 3.11. The van der Waals surface area contributed by atoms with Crippen LogP contribution in [0.25, 0.3) is 11.0 Å². The first kappa shape index (κ1) is 14.5. The van der Waals surface area contributed by atoms with Crippen LogP contribution in [0.5, 0.6) is 0 Å². The molecule has 0 bridgehead atoms. The predicted molar refractivity (Wildman–Crippen MR) is 89.6 cm³/mol. The van der Waals surface area contributed by atoms with Crippen molar-refractivity contribution in [3.8, 4) is 0 Å². The topological polar surface area (TPSA) is 30.7 Å². The molecule has 0 amide bonds. The molecule has 1 atom stereocenters.